The van der Waals surface area contributed by atoms with Gasteiger partial charge in [0, 0.05) is 31.0 Å². The second-order valence-electron chi connectivity index (χ2n) is 5.23. The zero-order valence-corrected chi connectivity index (χ0v) is 14.7. The van der Waals surface area contributed by atoms with Crippen molar-refractivity contribution in [3.63, 3.8) is 0 Å². The van der Waals surface area contributed by atoms with Crippen LogP contribution in [-0.2, 0) is 17.1 Å². The van der Waals surface area contributed by atoms with Gasteiger partial charge < -0.3 is 9.88 Å². The van der Waals surface area contributed by atoms with Crippen LogP contribution in [0.4, 0.5) is 0 Å². The Morgan fingerprint density at radius 2 is 1.96 bits per heavy atom. The molecule has 0 aliphatic rings. The van der Waals surface area contributed by atoms with E-state index in [1.807, 2.05) is 41.9 Å². The molecule has 3 rings (SSSR count). The average Bonchev–Trinajstić information content (AvgIpc) is 3.21. The Kier molecular flexibility index (Phi) is 4.70. The van der Waals surface area contributed by atoms with Crippen molar-refractivity contribution in [1.82, 2.24) is 14.6 Å². The first-order valence-corrected chi connectivity index (χ1v) is 9.71. The lowest BCUT2D eigenvalue weighted by atomic mass is 10.2. The molecule has 0 spiro atoms. The van der Waals surface area contributed by atoms with Gasteiger partial charge in [-0.15, -0.1) is 11.3 Å². The van der Waals surface area contributed by atoms with Gasteiger partial charge in [-0.2, -0.15) is 0 Å². The third kappa shape index (κ3) is 3.35. The number of carbonyl (C=O) groups is 1. The Bertz CT molecular complexity index is 960. The number of amides is 1. The summed E-state index contributed by atoms with van der Waals surface area (Å²) < 4.78 is 28.5. The quantitative estimate of drug-likeness (QED) is 0.657. The monoisotopic (exact) mass is 363 g/mol. The normalized spacial score (nSPS) is 11.7. The fourth-order valence-corrected chi connectivity index (χ4v) is 4.52. The minimum absolute atomic E-state index is 0.135. The van der Waals surface area contributed by atoms with E-state index in [1.165, 1.54) is 0 Å². The molecular weight excluding hydrogens is 346 g/mol. The molecule has 0 aliphatic heterocycles. The molecule has 8 heteroatoms. The third-order valence-corrected chi connectivity index (χ3v) is 6.51. The van der Waals surface area contributed by atoms with Gasteiger partial charge >= 0.3 is 0 Å². The number of fused-ring (bicyclic) bond motifs is 1. The Morgan fingerprint density at radius 1 is 1.17 bits per heavy atom. The second-order valence-corrected chi connectivity index (χ2v) is 8.17. The predicted octanol–water partition coefficient (Wildman–Crippen LogP) is 1.95. The summed E-state index contributed by atoms with van der Waals surface area (Å²) in [4.78, 5) is 12.3. The zero-order chi connectivity index (χ0) is 17.2. The van der Waals surface area contributed by atoms with E-state index < -0.39 is 10.0 Å². The van der Waals surface area contributed by atoms with Crippen molar-refractivity contribution in [2.24, 2.45) is 7.05 Å². The van der Waals surface area contributed by atoms with Crippen molar-refractivity contribution in [2.45, 2.75) is 4.21 Å². The molecule has 126 valence electrons. The van der Waals surface area contributed by atoms with Crippen molar-refractivity contribution in [1.29, 1.82) is 0 Å². The fourth-order valence-electron chi connectivity index (χ4n) is 2.45. The molecule has 0 atom stereocenters. The number of hydrogen-bond donors (Lipinski definition) is 2. The highest BCUT2D eigenvalue weighted by atomic mass is 32.2. The van der Waals surface area contributed by atoms with E-state index in [1.54, 1.807) is 17.5 Å². The second kappa shape index (κ2) is 6.76. The predicted molar refractivity (Wildman–Crippen MR) is 94.8 cm³/mol. The van der Waals surface area contributed by atoms with Gasteiger partial charge in [0.2, 0.25) is 10.0 Å². The van der Waals surface area contributed by atoms with Crippen LogP contribution in [0, 0.1) is 0 Å². The maximum Gasteiger partial charge on any atom is 0.267 e. The molecule has 24 heavy (non-hydrogen) atoms. The van der Waals surface area contributed by atoms with Gasteiger partial charge in [-0.25, -0.2) is 13.1 Å². The lowest BCUT2D eigenvalue weighted by Crippen LogP contribution is -2.35. The van der Waals surface area contributed by atoms with E-state index in [-0.39, 0.29) is 23.2 Å². The molecule has 1 aromatic carbocycles. The molecule has 1 amide bonds. The van der Waals surface area contributed by atoms with Crippen molar-refractivity contribution in [3.05, 3.63) is 53.5 Å². The zero-order valence-electron chi connectivity index (χ0n) is 13.0. The Labute approximate surface area is 144 Å². The molecular formula is C16H17N3O3S2. The topological polar surface area (TPSA) is 80.2 Å². The fraction of sp³-hybridized carbons (Fsp3) is 0.188. The molecule has 0 bridgehead atoms. The van der Waals surface area contributed by atoms with Crippen LogP contribution in [0.5, 0.6) is 0 Å². The van der Waals surface area contributed by atoms with Crippen LogP contribution in [0.2, 0.25) is 0 Å². The highest BCUT2D eigenvalue weighted by Crippen LogP contribution is 2.18. The van der Waals surface area contributed by atoms with Gasteiger partial charge in [0.1, 0.15) is 9.90 Å². The van der Waals surface area contributed by atoms with Crippen LogP contribution in [0.25, 0.3) is 10.9 Å². The van der Waals surface area contributed by atoms with Crippen molar-refractivity contribution in [2.75, 3.05) is 13.1 Å². The number of benzene rings is 1. The van der Waals surface area contributed by atoms with Crippen LogP contribution >= 0.6 is 11.3 Å². The molecule has 0 unspecified atom stereocenters. The molecule has 2 N–H and O–H groups in total. The summed E-state index contributed by atoms with van der Waals surface area (Å²) in [6.45, 7) is 0.348. The summed E-state index contributed by atoms with van der Waals surface area (Å²) >= 11 is 1.15. The van der Waals surface area contributed by atoms with Gasteiger partial charge in [0.15, 0.2) is 0 Å². The number of para-hydroxylation sites is 1. The summed E-state index contributed by atoms with van der Waals surface area (Å²) in [7, 11) is -1.67. The molecule has 2 aromatic heterocycles. The van der Waals surface area contributed by atoms with Crippen LogP contribution in [-0.4, -0.2) is 32.0 Å². The lowest BCUT2D eigenvalue weighted by Gasteiger charge is -2.08. The van der Waals surface area contributed by atoms with Gasteiger partial charge in [-0.05, 0) is 23.6 Å². The highest BCUT2D eigenvalue weighted by Gasteiger charge is 2.15. The summed E-state index contributed by atoms with van der Waals surface area (Å²) in [6, 6.07) is 12.8. The van der Waals surface area contributed by atoms with E-state index in [0.717, 1.165) is 22.2 Å². The Hall–Kier alpha value is -2.16. The Balaban J connectivity index is 1.59. The van der Waals surface area contributed by atoms with Crippen LogP contribution in [0.3, 0.4) is 0 Å². The molecule has 2 heterocycles. The van der Waals surface area contributed by atoms with E-state index in [2.05, 4.69) is 10.0 Å². The number of sulfonamides is 1. The summed E-state index contributed by atoms with van der Waals surface area (Å²) in [6.07, 6.45) is 0. The number of hydrogen-bond acceptors (Lipinski definition) is 4. The molecule has 0 saturated carbocycles. The number of aromatic nitrogens is 1. The highest BCUT2D eigenvalue weighted by molar-refractivity contribution is 7.91. The molecule has 0 aliphatic carbocycles. The van der Waals surface area contributed by atoms with E-state index in [9.17, 15) is 13.2 Å². The SMILES string of the molecule is Cn1c(C(=O)NCCNS(=O)(=O)c2cccs2)cc2ccccc21. The first-order chi connectivity index (χ1) is 11.5. The van der Waals surface area contributed by atoms with E-state index in [4.69, 9.17) is 0 Å². The van der Waals surface area contributed by atoms with Crippen molar-refractivity contribution >= 4 is 38.2 Å². The van der Waals surface area contributed by atoms with Gasteiger partial charge in [0.05, 0.1) is 0 Å². The summed E-state index contributed by atoms with van der Waals surface area (Å²) in [5.41, 5.74) is 1.51. The summed E-state index contributed by atoms with van der Waals surface area (Å²) in [5, 5.41) is 5.43. The third-order valence-electron chi connectivity index (χ3n) is 3.65. The smallest absolute Gasteiger partial charge is 0.267 e. The van der Waals surface area contributed by atoms with Gasteiger partial charge in [0.25, 0.3) is 5.91 Å². The van der Waals surface area contributed by atoms with E-state index >= 15 is 0 Å². The van der Waals surface area contributed by atoms with Crippen LogP contribution in [0.1, 0.15) is 10.5 Å². The first kappa shape index (κ1) is 16.7. The number of nitrogens with one attached hydrogen (secondary N) is 2. The summed E-state index contributed by atoms with van der Waals surface area (Å²) in [5.74, 6) is -0.232. The number of nitrogens with zero attached hydrogens (tertiary/aromatic N) is 1. The minimum Gasteiger partial charge on any atom is -0.349 e. The van der Waals surface area contributed by atoms with Crippen molar-refractivity contribution < 1.29 is 13.2 Å². The van der Waals surface area contributed by atoms with E-state index in [0.29, 0.717) is 5.69 Å². The number of aryl methyl sites for hydroxylation is 1. The number of carbonyl (C=O) groups excluding carboxylic acids is 1. The van der Waals surface area contributed by atoms with Crippen molar-refractivity contribution in [3.8, 4) is 0 Å². The van der Waals surface area contributed by atoms with Gasteiger partial charge in [-0.1, -0.05) is 24.3 Å². The molecule has 0 fully saturated rings. The largest absolute Gasteiger partial charge is 0.349 e. The molecule has 0 saturated heterocycles. The average molecular weight is 363 g/mol. The molecule has 3 aromatic rings. The maximum atomic E-state index is 12.3. The minimum atomic E-state index is -3.50. The molecule has 0 radical (unpaired) electrons. The van der Waals surface area contributed by atoms with Gasteiger partial charge in [-0.3, -0.25) is 4.79 Å². The standard InChI is InChI=1S/C16H17N3O3S2/c1-19-13-6-3-2-5-12(13)11-14(19)16(20)17-8-9-18-24(21,22)15-7-4-10-23-15/h2-7,10-11,18H,8-9H2,1H3,(H,17,20). The van der Waals surface area contributed by atoms with Crippen LogP contribution in [0.15, 0.2) is 52.1 Å². The first-order valence-electron chi connectivity index (χ1n) is 7.35. The Morgan fingerprint density at radius 3 is 2.67 bits per heavy atom. The number of thiophene rings is 1. The number of rotatable bonds is 6. The molecule has 6 nitrogen and oxygen atoms in total. The maximum absolute atomic E-state index is 12.3. The lowest BCUT2D eigenvalue weighted by molar-refractivity contribution is 0.0946. The van der Waals surface area contributed by atoms with Crippen LogP contribution < -0.4 is 10.0 Å².